The van der Waals surface area contributed by atoms with Crippen LogP contribution in [0.15, 0.2) is 44.0 Å². The number of carbonyl (C=O) groups excluding carboxylic acids is 1. The second-order valence-electron chi connectivity index (χ2n) is 3.30. The summed E-state index contributed by atoms with van der Waals surface area (Å²) >= 11 is 6.66. The molecule has 0 aliphatic carbocycles. The van der Waals surface area contributed by atoms with Crippen molar-refractivity contribution in [3.05, 3.63) is 50.7 Å². The topological polar surface area (TPSA) is 55.1 Å². The van der Waals surface area contributed by atoms with Crippen molar-refractivity contribution in [3.63, 3.8) is 0 Å². The number of hydrogen-bond donors (Lipinski definition) is 1. The van der Waals surface area contributed by atoms with Crippen LogP contribution in [0, 0.1) is 0 Å². The van der Waals surface area contributed by atoms with E-state index in [2.05, 4.69) is 46.9 Å². The van der Waals surface area contributed by atoms with Gasteiger partial charge in [0.05, 0.1) is 12.1 Å². The van der Waals surface area contributed by atoms with Gasteiger partial charge in [-0.25, -0.2) is 0 Å². The Morgan fingerprint density at radius 1 is 1.35 bits per heavy atom. The van der Waals surface area contributed by atoms with Crippen LogP contribution in [0.2, 0.25) is 0 Å². The molecule has 0 fully saturated rings. The smallest absolute Gasteiger partial charge is 0.252 e. The number of hydrogen-bond acceptors (Lipinski definition) is 3. The fourth-order valence-electron chi connectivity index (χ4n) is 1.27. The zero-order chi connectivity index (χ0) is 12.3. The van der Waals surface area contributed by atoms with Gasteiger partial charge in [-0.15, -0.1) is 0 Å². The molecule has 17 heavy (non-hydrogen) atoms. The Labute approximate surface area is 115 Å². The molecule has 1 aromatic carbocycles. The van der Waals surface area contributed by atoms with E-state index in [4.69, 9.17) is 0 Å². The molecule has 0 spiro atoms. The van der Waals surface area contributed by atoms with Gasteiger partial charge in [-0.05, 0) is 34.1 Å². The van der Waals surface area contributed by atoms with Crippen molar-refractivity contribution in [2.45, 2.75) is 6.54 Å². The summed E-state index contributed by atoms with van der Waals surface area (Å²) in [7, 11) is 0. The molecule has 0 unspecified atom stereocenters. The van der Waals surface area contributed by atoms with Crippen LogP contribution in [0.5, 0.6) is 0 Å². The molecule has 0 bridgehead atoms. The second-order valence-corrected chi connectivity index (χ2v) is 5.07. The van der Waals surface area contributed by atoms with Crippen LogP contribution < -0.4 is 5.32 Å². The van der Waals surface area contributed by atoms with E-state index in [1.54, 1.807) is 12.1 Å². The molecule has 2 aromatic rings. The van der Waals surface area contributed by atoms with Crippen molar-refractivity contribution in [2.24, 2.45) is 0 Å². The fraction of sp³-hybridized carbons (Fsp3) is 0.0909. The number of halogens is 2. The first-order valence-corrected chi connectivity index (χ1v) is 6.38. The molecule has 0 saturated heterocycles. The third kappa shape index (κ3) is 3.17. The van der Waals surface area contributed by atoms with E-state index >= 15 is 0 Å². The molecule has 1 aromatic heterocycles. The van der Waals surface area contributed by atoms with Crippen LogP contribution in [0.25, 0.3) is 0 Å². The molecule has 0 aliphatic rings. The molecule has 1 heterocycles. The number of benzene rings is 1. The molecular weight excluding hydrogens is 352 g/mol. The normalized spacial score (nSPS) is 10.2. The van der Waals surface area contributed by atoms with Gasteiger partial charge in [0, 0.05) is 15.0 Å². The maximum Gasteiger partial charge on any atom is 0.252 e. The predicted molar refractivity (Wildman–Crippen MR) is 69.5 cm³/mol. The van der Waals surface area contributed by atoms with E-state index in [-0.39, 0.29) is 5.91 Å². The SMILES string of the molecule is O=C(NCc1ccon1)c1cc(Br)ccc1Br. The number of carbonyl (C=O) groups is 1. The highest BCUT2D eigenvalue weighted by atomic mass is 79.9. The molecule has 2 rings (SSSR count). The first-order chi connectivity index (χ1) is 8.16. The Balaban J connectivity index is 2.07. The maximum atomic E-state index is 11.9. The zero-order valence-electron chi connectivity index (χ0n) is 8.61. The third-order valence-electron chi connectivity index (χ3n) is 2.09. The van der Waals surface area contributed by atoms with Crippen LogP contribution in [0.3, 0.4) is 0 Å². The summed E-state index contributed by atoms with van der Waals surface area (Å²) < 4.78 is 6.28. The van der Waals surface area contributed by atoms with Gasteiger partial charge < -0.3 is 9.84 Å². The van der Waals surface area contributed by atoms with E-state index in [0.29, 0.717) is 17.8 Å². The second kappa shape index (κ2) is 5.46. The summed E-state index contributed by atoms with van der Waals surface area (Å²) in [5, 5.41) is 6.47. The predicted octanol–water partition coefficient (Wildman–Crippen LogP) is 3.13. The van der Waals surface area contributed by atoms with Gasteiger partial charge >= 0.3 is 0 Å². The van der Waals surface area contributed by atoms with Crippen molar-refractivity contribution in [1.82, 2.24) is 10.5 Å². The van der Waals surface area contributed by atoms with Crippen LogP contribution in [-0.2, 0) is 6.54 Å². The van der Waals surface area contributed by atoms with Crippen molar-refractivity contribution in [3.8, 4) is 0 Å². The number of nitrogens with one attached hydrogen (secondary N) is 1. The lowest BCUT2D eigenvalue weighted by atomic mass is 10.2. The monoisotopic (exact) mass is 358 g/mol. The largest absolute Gasteiger partial charge is 0.364 e. The van der Waals surface area contributed by atoms with Crippen LogP contribution in [0.4, 0.5) is 0 Å². The Hall–Kier alpha value is -1.14. The molecular formula is C11H8Br2N2O2. The number of nitrogens with zero attached hydrogens (tertiary/aromatic N) is 1. The van der Waals surface area contributed by atoms with Gasteiger partial charge in [0.15, 0.2) is 0 Å². The number of aromatic nitrogens is 1. The van der Waals surface area contributed by atoms with Gasteiger partial charge in [0.25, 0.3) is 5.91 Å². The first kappa shape index (κ1) is 12.3. The van der Waals surface area contributed by atoms with Crippen molar-refractivity contribution >= 4 is 37.8 Å². The molecule has 88 valence electrons. The summed E-state index contributed by atoms with van der Waals surface area (Å²) in [6.07, 6.45) is 1.47. The van der Waals surface area contributed by atoms with Crippen LogP contribution in [-0.4, -0.2) is 11.1 Å². The summed E-state index contributed by atoms with van der Waals surface area (Å²) in [4.78, 5) is 11.9. The molecule has 1 amide bonds. The van der Waals surface area contributed by atoms with Crippen LogP contribution in [0.1, 0.15) is 16.1 Å². The number of rotatable bonds is 3. The summed E-state index contributed by atoms with van der Waals surface area (Å²) in [6, 6.07) is 7.13. The van der Waals surface area contributed by atoms with Gasteiger partial charge in [0.1, 0.15) is 12.0 Å². The lowest BCUT2D eigenvalue weighted by Crippen LogP contribution is -2.23. The summed E-state index contributed by atoms with van der Waals surface area (Å²) in [6.45, 7) is 0.342. The molecule has 0 aliphatic heterocycles. The third-order valence-corrected chi connectivity index (χ3v) is 3.28. The number of amides is 1. The standard InChI is InChI=1S/C11H8Br2N2O2/c12-7-1-2-10(13)9(5-7)11(16)14-6-8-3-4-17-15-8/h1-5H,6H2,(H,14,16). The zero-order valence-corrected chi connectivity index (χ0v) is 11.8. The van der Waals surface area contributed by atoms with E-state index in [1.807, 2.05) is 12.1 Å². The average molecular weight is 360 g/mol. The minimum Gasteiger partial charge on any atom is -0.364 e. The van der Waals surface area contributed by atoms with Gasteiger partial charge in [0.2, 0.25) is 0 Å². The average Bonchev–Trinajstić information content (AvgIpc) is 2.82. The Morgan fingerprint density at radius 3 is 2.88 bits per heavy atom. The Kier molecular flexibility index (Phi) is 3.96. The molecule has 1 N–H and O–H groups in total. The van der Waals surface area contributed by atoms with Gasteiger partial charge in [-0.1, -0.05) is 21.1 Å². The van der Waals surface area contributed by atoms with Gasteiger partial charge in [-0.3, -0.25) is 4.79 Å². The molecule has 4 nitrogen and oxygen atoms in total. The highest BCUT2D eigenvalue weighted by Crippen LogP contribution is 2.21. The quantitative estimate of drug-likeness (QED) is 0.915. The minimum absolute atomic E-state index is 0.166. The van der Waals surface area contributed by atoms with Crippen LogP contribution >= 0.6 is 31.9 Å². The Morgan fingerprint density at radius 2 is 2.18 bits per heavy atom. The lowest BCUT2D eigenvalue weighted by molar-refractivity contribution is 0.0949. The van der Waals surface area contributed by atoms with E-state index in [0.717, 1.165) is 8.95 Å². The maximum absolute atomic E-state index is 11.9. The Bertz CT molecular complexity index is 526. The van der Waals surface area contributed by atoms with Crippen molar-refractivity contribution < 1.29 is 9.32 Å². The molecule has 0 saturated carbocycles. The minimum atomic E-state index is -0.166. The van der Waals surface area contributed by atoms with E-state index in [1.165, 1.54) is 6.26 Å². The molecule has 0 atom stereocenters. The lowest BCUT2D eigenvalue weighted by Gasteiger charge is -2.05. The summed E-state index contributed by atoms with van der Waals surface area (Å²) in [5.74, 6) is -0.166. The van der Waals surface area contributed by atoms with Crippen molar-refractivity contribution in [1.29, 1.82) is 0 Å². The van der Waals surface area contributed by atoms with E-state index < -0.39 is 0 Å². The summed E-state index contributed by atoms with van der Waals surface area (Å²) in [5.41, 5.74) is 1.26. The van der Waals surface area contributed by atoms with E-state index in [9.17, 15) is 4.79 Å². The molecule has 0 radical (unpaired) electrons. The highest BCUT2D eigenvalue weighted by molar-refractivity contribution is 9.11. The fourth-order valence-corrected chi connectivity index (χ4v) is 2.05. The van der Waals surface area contributed by atoms with Crippen molar-refractivity contribution in [2.75, 3.05) is 0 Å². The van der Waals surface area contributed by atoms with Gasteiger partial charge in [-0.2, -0.15) is 0 Å². The first-order valence-electron chi connectivity index (χ1n) is 4.79. The highest BCUT2D eigenvalue weighted by Gasteiger charge is 2.10. The molecule has 6 heteroatoms.